The van der Waals surface area contributed by atoms with E-state index < -0.39 is 7.25 Å². The van der Waals surface area contributed by atoms with Gasteiger partial charge in [0.1, 0.15) is 0 Å². The van der Waals surface area contributed by atoms with E-state index in [9.17, 15) is 17.3 Å². The van der Waals surface area contributed by atoms with E-state index in [0.717, 1.165) is 60.9 Å². The highest BCUT2D eigenvalue weighted by molar-refractivity contribution is 9.10. The van der Waals surface area contributed by atoms with Crippen molar-refractivity contribution >= 4 is 40.0 Å². The Kier molecular flexibility index (Phi) is 6.87. The van der Waals surface area contributed by atoms with Crippen LogP contribution >= 0.6 is 15.9 Å². The van der Waals surface area contributed by atoms with E-state index >= 15 is 0 Å². The molecule has 0 unspecified atom stereocenters. The van der Waals surface area contributed by atoms with Crippen LogP contribution in [0.2, 0.25) is 0 Å². The lowest BCUT2D eigenvalue weighted by Crippen LogP contribution is -2.38. The van der Waals surface area contributed by atoms with E-state index in [-0.39, 0.29) is 1.43 Å². The third-order valence-corrected chi connectivity index (χ3v) is 5.72. The number of nitrogens with zero attached hydrogens (tertiary/aromatic N) is 4. The number of hydrogen-bond acceptors (Lipinski definition) is 3. The molecule has 11 heteroatoms. The van der Waals surface area contributed by atoms with Gasteiger partial charge in [0.2, 0.25) is 5.78 Å². The normalized spacial score (nSPS) is 15.2. The first-order valence-corrected chi connectivity index (χ1v) is 11.0. The maximum atomic E-state index is 9.75. The number of fused-ring (bicyclic) bond motifs is 3. The number of para-hydroxylation sites is 2. The molecule has 5 nitrogen and oxygen atoms in total. The van der Waals surface area contributed by atoms with Crippen LogP contribution in [0, 0.1) is 0 Å². The van der Waals surface area contributed by atoms with Gasteiger partial charge in [-0.3, -0.25) is 9.30 Å². The summed E-state index contributed by atoms with van der Waals surface area (Å²) in [5.41, 5.74) is 4.55. The molecule has 0 bridgehead atoms. The molecule has 0 saturated carbocycles. The van der Waals surface area contributed by atoms with E-state index in [1.165, 1.54) is 11.0 Å². The summed E-state index contributed by atoms with van der Waals surface area (Å²) >= 11 is 3.56. The van der Waals surface area contributed by atoms with Gasteiger partial charge < -0.3 is 26.6 Å². The molecule has 0 N–H and O–H groups in total. The summed E-state index contributed by atoms with van der Waals surface area (Å²) in [7, 11) is -6.00. The number of imidazole rings is 2. The minimum Gasteiger partial charge on any atom is -0.418 e. The predicted octanol–water partition coefficient (Wildman–Crippen LogP) is 5.46. The van der Waals surface area contributed by atoms with Crippen molar-refractivity contribution in [3.8, 4) is 11.3 Å². The van der Waals surface area contributed by atoms with Gasteiger partial charge in [-0.1, -0.05) is 40.2 Å². The first-order chi connectivity index (χ1) is 15.3. The van der Waals surface area contributed by atoms with Crippen LogP contribution in [0.1, 0.15) is 1.43 Å². The summed E-state index contributed by atoms with van der Waals surface area (Å²) in [5, 5.41) is 0. The average Bonchev–Trinajstić information content (AvgIpc) is 3.30. The van der Waals surface area contributed by atoms with Gasteiger partial charge in [-0.25, -0.2) is 4.98 Å². The average molecular weight is 513 g/mol. The number of aromatic nitrogens is 3. The Balaban J connectivity index is 0.000000465. The van der Waals surface area contributed by atoms with Gasteiger partial charge in [-0.15, -0.1) is 0 Å². The van der Waals surface area contributed by atoms with Crippen LogP contribution in [0.4, 0.5) is 17.3 Å². The SMILES string of the molecule is Brc1cccc(-c2cn3c4ccccc4n(CCN4CCOCC4)c3n2)c1.F[B-](F)(F)F.[H+]. The lowest BCUT2D eigenvalue weighted by atomic mass is 10.2. The highest BCUT2D eigenvalue weighted by Crippen LogP contribution is 2.27. The minimum atomic E-state index is -6.00. The predicted molar refractivity (Wildman–Crippen MR) is 122 cm³/mol. The minimum absolute atomic E-state index is 0. The van der Waals surface area contributed by atoms with Crippen molar-refractivity contribution in [2.75, 3.05) is 32.8 Å². The molecular weight excluding hydrogens is 491 g/mol. The van der Waals surface area contributed by atoms with E-state index in [1.807, 2.05) is 12.1 Å². The molecule has 3 heterocycles. The van der Waals surface area contributed by atoms with Crippen LogP contribution in [-0.4, -0.2) is 59.0 Å². The molecule has 5 rings (SSSR count). The molecule has 32 heavy (non-hydrogen) atoms. The first kappa shape index (κ1) is 22.8. The van der Waals surface area contributed by atoms with Crippen molar-refractivity contribution in [1.82, 2.24) is 18.9 Å². The van der Waals surface area contributed by atoms with E-state index in [1.54, 1.807) is 0 Å². The topological polar surface area (TPSA) is 34.7 Å². The van der Waals surface area contributed by atoms with Gasteiger partial charge in [0.15, 0.2) is 0 Å². The molecule has 0 aliphatic carbocycles. The van der Waals surface area contributed by atoms with Crippen molar-refractivity contribution in [1.29, 1.82) is 0 Å². The van der Waals surface area contributed by atoms with Crippen LogP contribution in [0.3, 0.4) is 0 Å². The van der Waals surface area contributed by atoms with Crippen LogP contribution in [0.5, 0.6) is 0 Å². The molecule has 0 radical (unpaired) electrons. The summed E-state index contributed by atoms with van der Waals surface area (Å²) in [5.74, 6) is 0.999. The number of ether oxygens (including phenoxy) is 1. The quantitative estimate of drug-likeness (QED) is 0.269. The van der Waals surface area contributed by atoms with E-state index in [4.69, 9.17) is 9.72 Å². The van der Waals surface area contributed by atoms with Crippen molar-refractivity contribution < 1.29 is 23.4 Å². The van der Waals surface area contributed by atoms with Crippen molar-refractivity contribution in [3.05, 3.63) is 59.2 Å². The molecule has 2 aromatic carbocycles. The number of benzene rings is 2. The second-order valence-electron chi connectivity index (χ2n) is 7.40. The summed E-state index contributed by atoms with van der Waals surface area (Å²) in [6, 6.07) is 16.8. The Morgan fingerprint density at radius 2 is 1.66 bits per heavy atom. The summed E-state index contributed by atoms with van der Waals surface area (Å²) < 4.78 is 50.1. The fourth-order valence-electron chi connectivity index (χ4n) is 3.82. The zero-order valence-corrected chi connectivity index (χ0v) is 18.7. The maximum absolute atomic E-state index is 9.75. The Hall–Kier alpha value is -2.37. The zero-order valence-electron chi connectivity index (χ0n) is 18.1. The lowest BCUT2D eigenvalue weighted by molar-refractivity contribution is 0.0366. The van der Waals surface area contributed by atoms with Crippen LogP contribution in [0.25, 0.3) is 28.1 Å². The largest absolute Gasteiger partial charge is 1.00 e. The van der Waals surface area contributed by atoms with Crippen molar-refractivity contribution in [2.45, 2.75) is 6.54 Å². The molecule has 1 aliphatic rings. The van der Waals surface area contributed by atoms with Gasteiger partial charge in [0, 0.05) is 42.4 Å². The Morgan fingerprint density at radius 3 is 2.34 bits per heavy atom. The van der Waals surface area contributed by atoms with E-state index in [2.05, 4.69) is 72.4 Å². The van der Waals surface area contributed by atoms with Crippen molar-refractivity contribution in [2.24, 2.45) is 0 Å². The van der Waals surface area contributed by atoms with Gasteiger partial charge in [0.25, 0.3) is 0 Å². The summed E-state index contributed by atoms with van der Waals surface area (Å²) in [6.07, 6.45) is 2.14. The monoisotopic (exact) mass is 512 g/mol. The number of morpholine rings is 1. The molecule has 0 amide bonds. The standard InChI is InChI=1S/C21H21BrN4O.BF4/c22-17-5-3-4-16(14-17)18-15-26-20-7-2-1-6-19(20)25(21(26)23-18)9-8-24-10-12-27-13-11-24;2-1(3,4)5/h1-7,14-15H,8-13H2;/q;-1/p+1. The third kappa shape index (κ3) is 5.51. The smallest absolute Gasteiger partial charge is 0.418 e. The highest BCUT2D eigenvalue weighted by atomic mass is 79.9. The molecule has 2 aromatic heterocycles. The second-order valence-corrected chi connectivity index (χ2v) is 8.31. The van der Waals surface area contributed by atoms with Gasteiger partial charge >= 0.3 is 8.68 Å². The first-order valence-electron chi connectivity index (χ1n) is 10.2. The Bertz CT molecular complexity index is 1200. The zero-order chi connectivity index (χ0) is 22.7. The van der Waals surface area contributed by atoms with Crippen molar-refractivity contribution in [3.63, 3.8) is 0 Å². The van der Waals surface area contributed by atoms with Gasteiger partial charge in [-0.2, -0.15) is 0 Å². The number of hydrogen-bond donors (Lipinski definition) is 0. The molecule has 1 fully saturated rings. The Morgan fingerprint density at radius 1 is 0.969 bits per heavy atom. The molecule has 170 valence electrons. The fraction of sp³-hybridized carbons (Fsp3) is 0.286. The Labute approximate surface area is 192 Å². The summed E-state index contributed by atoms with van der Waals surface area (Å²) in [6.45, 7) is 5.61. The highest BCUT2D eigenvalue weighted by Gasteiger charge is 2.20. The maximum Gasteiger partial charge on any atom is 1.00 e. The molecular formula is C21H22BBrF4N4O. The fourth-order valence-corrected chi connectivity index (χ4v) is 4.21. The molecule has 1 aliphatic heterocycles. The van der Waals surface area contributed by atoms with Crippen LogP contribution in [-0.2, 0) is 11.3 Å². The van der Waals surface area contributed by atoms with E-state index in [0.29, 0.717) is 0 Å². The molecule has 1 saturated heterocycles. The lowest BCUT2D eigenvalue weighted by Gasteiger charge is -2.26. The molecule has 0 spiro atoms. The number of halogens is 5. The summed E-state index contributed by atoms with van der Waals surface area (Å²) in [4.78, 5) is 7.45. The van der Waals surface area contributed by atoms with Crippen LogP contribution < -0.4 is 0 Å². The van der Waals surface area contributed by atoms with Gasteiger partial charge in [-0.05, 0) is 24.3 Å². The molecule has 4 aromatic rings. The third-order valence-electron chi connectivity index (χ3n) is 5.22. The second kappa shape index (κ2) is 9.64. The number of rotatable bonds is 4. The van der Waals surface area contributed by atoms with Gasteiger partial charge in [0.05, 0.1) is 29.9 Å². The molecule has 0 atom stereocenters. The van der Waals surface area contributed by atoms with Crippen LogP contribution in [0.15, 0.2) is 59.2 Å².